The van der Waals surface area contributed by atoms with Gasteiger partial charge in [0.2, 0.25) is 0 Å². The molecule has 1 N–H and O–H groups in total. The molecule has 0 radical (unpaired) electrons. The van der Waals surface area contributed by atoms with Crippen LogP contribution < -0.4 is 24.4 Å². The number of benzene rings is 2. The average Bonchev–Trinajstić information content (AvgIpc) is 3.57. The van der Waals surface area contributed by atoms with Gasteiger partial charge in [0.15, 0.2) is 5.11 Å². The number of nitro groups is 1. The molecule has 10 nitrogen and oxygen atoms in total. The molecule has 0 unspecified atom stereocenters. The van der Waals surface area contributed by atoms with Crippen LogP contribution >= 0.6 is 12.2 Å². The van der Waals surface area contributed by atoms with Crippen molar-refractivity contribution >= 4 is 28.7 Å². The predicted octanol–water partition coefficient (Wildman–Crippen LogP) is 5.45. The fraction of sp³-hybridized carbons (Fsp3) is 0.185. The average molecular weight is 533 g/mol. The Labute approximate surface area is 223 Å². The fourth-order valence-corrected chi connectivity index (χ4v) is 4.88. The van der Waals surface area contributed by atoms with Crippen molar-refractivity contribution in [2.45, 2.75) is 12.1 Å². The van der Waals surface area contributed by atoms with Gasteiger partial charge in [-0.25, -0.2) is 0 Å². The highest BCUT2D eigenvalue weighted by Gasteiger charge is 2.43. The zero-order valence-corrected chi connectivity index (χ0v) is 21.6. The minimum absolute atomic E-state index is 0.0734. The number of furan rings is 1. The summed E-state index contributed by atoms with van der Waals surface area (Å²) in [5, 5.41) is 15.1. The van der Waals surface area contributed by atoms with Crippen LogP contribution in [-0.2, 0) is 0 Å². The number of methoxy groups -OCH3 is 3. The Bertz CT molecular complexity index is 1490. The third-order valence-electron chi connectivity index (χ3n) is 6.32. The van der Waals surface area contributed by atoms with E-state index in [1.54, 1.807) is 38.6 Å². The molecule has 0 spiro atoms. The zero-order chi connectivity index (χ0) is 26.8. The summed E-state index contributed by atoms with van der Waals surface area (Å²) in [5.74, 6) is 2.64. The number of hydrogen-bond acceptors (Lipinski definition) is 8. The summed E-state index contributed by atoms with van der Waals surface area (Å²) in [4.78, 5) is 17.3. The molecule has 2 aromatic heterocycles. The highest BCUT2D eigenvalue weighted by atomic mass is 32.1. The third-order valence-corrected chi connectivity index (χ3v) is 6.64. The van der Waals surface area contributed by atoms with E-state index >= 15 is 0 Å². The van der Waals surface area contributed by atoms with E-state index in [1.807, 2.05) is 41.3 Å². The number of aromatic nitrogens is 1. The first-order valence-corrected chi connectivity index (χ1v) is 12.0. The molecule has 1 aliphatic heterocycles. The van der Waals surface area contributed by atoms with E-state index in [1.165, 1.54) is 19.2 Å². The number of anilines is 1. The number of ether oxygens (including phenoxy) is 3. The number of rotatable bonds is 8. The van der Waals surface area contributed by atoms with Gasteiger partial charge in [0.05, 0.1) is 55.3 Å². The third kappa shape index (κ3) is 4.48. The molecule has 2 aromatic carbocycles. The van der Waals surface area contributed by atoms with Crippen molar-refractivity contribution in [3.63, 3.8) is 0 Å². The first kappa shape index (κ1) is 25.0. The van der Waals surface area contributed by atoms with E-state index in [2.05, 4.69) is 10.3 Å². The van der Waals surface area contributed by atoms with Crippen LogP contribution in [0.4, 0.5) is 11.4 Å². The Morgan fingerprint density at radius 3 is 2.50 bits per heavy atom. The SMILES string of the molecule is COc1ccc(N2C(=S)N[C@@H](c3ccccn3)[C@@H]2c2ccc(-c3ccc([N+](=O)[O-])cc3OC)o2)c(OC)c1. The molecule has 0 aliphatic carbocycles. The van der Waals surface area contributed by atoms with Crippen LogP contribution in [0.2, 0.25) is 0 Å². The van der Waals surface area contributed by atoms with Crippen LogP contribution in [0.25, 0.3) is 11.3 Å². The Hall–Kier alpha value is -4.64. The van der Waals surface area contributed by atoms with Crippen LogP contribution in [0.1, 0.15) is 23.5 Å². The van der Waals surface area contributed by atoms with Crippen molar-refractivity contribution in [3.05, 3.63) is 94.5 Å². The van der Waals surface area contributed by atoms with Gasteiger partial charge in [0, 0.05) is 18.3 Å². The van der Waals surface area contributed by atoms with Crippen molar-refractivity contribution in [3.8, 4) is 28.6 Å². The summed E-state index contributed by atoms with van der Waals surface area (Å²) in [6.45, 7) is 0. The Kier molecular flexibility index (Phi) is 6.84. The number of hydrogen-bond donors (Lipinski definition) is 1. The van der Waals surface area contributed by atoms with Crippen molar-refractivity contribution in [1.29, 1.82) is 0 Å². The molecule has 2 atom stereocenters. The monoisotopic (exact) mass is 532 g/mol. The van der Waals surface area contributed by atoms with Gasteiger partial charge < -0.3 is 28.8 Å². The lowest BCUT2D eigenvalue weighted by atomic mass is 10.0. The van der Waals surface area contributed by atoms with Gasteiger partial charge in [-0.1, -0.05) is 6.07 Å². The molecule has 38 heavy (non-hydrogen) atoms. The lowest BCUT2D eigenvalue weighted by Gasteiger charge is -2.27. The summed E-state index contributed by atoms with van der Waals surface area (Å²) in [6.07, 6.45) is 1.73. The standard InChI is InChI=1S/C27H24N4O6S/c1-34-17-8-10-20(24(15-17)36-3)30-26(25(29-27(30)38)19-6-4-5-13-28-19)22-12-11-21(37-22)18-9-7-16(31(32)33)14-23(18)35-2/h4-15,25-26H,1-3H3,(H,29,38)/t25-,26-/m0/s1. The lowest BCUT2D eigenvalue weighted by molar-refractivity contribution is -0.384. The maximum absolute atomic E-state index is 11.2. The number of nitrogens with one attached hydrogen (secondary N) is 1. The number of pyridine rings is 1. The maximum Gasteiger partial charge on any atom is 0.273 e. The molecule has 0 saturated carbocycles. The minimum Gasteiger partial charge on any atom is -0.497 e. The molecular formula is C27H24N4O6S. The smallest absolute Gasteiger partial charge is 0.273 e. The quantitative estimate of drug-likeness (QED) is 0.178. The molecule has 3 heterocycles. The number of thiocarbonyl (C=S) groups is 1. The first-order chi connectivity index (χ1) is 18.4. The van der Waals surface area contributed by atoms with Gasteiger partial charge in [0.1, 0.15) is 34.8 Å². The van der Waals surface area contributed by atoms with E-state index in [4.69, 9.17) is 30.8 Å². The molecule has 1 aliphatic rings. The van der Waals surface area contributed by atoms with Crippen LogP contribution in [0.5, 0.6) is 17.2 Å². The van der Waals surface area contributed by atoms with Crippen LogP contribution in [-0.4, -0.2) is 36.3 Å². The molecule has 4 aromatic rings. The second-order valence-electron chi connectivity index (χ2n) is 8.38. The highest BCUT2D eigenvalue weighted by Crippen LogP contribution is 2.46. The van der Waals surface area contributed by atoms with E-state index < -0.39 is 11.0 Å². The summed E-state index contributed by atoms with van der Waals surface area (Å²) in [7, 11) is 4.63. The largest absolute Gasteiger partial charge is 0.497 e. The Balaban J connectivity index is 1.62. The summed E-state index contributed by atoms with van der Waals surface area (Å²) in [6, 6.07) is 18.5. The Morgan fingerprint density at radius 2 is 1.82 bits per heavy atom. The van der Waals surface area contributed by atoms with Gasteiger partial charge >= 0.3 is 0 Å². The van der Waals surface area contributed by atoms with Crippen LogP contribution in [0, 0.1) is 10.1 Å². The molecule has 0 amide bonds. The van der Waals surface area contributed by atoms with Gasteiger partial charge in [0.25, 0.3) is 5.69 Å². The molecule has 194 valence electrons. The first-order valence-electron chi connectivity index (χ1n) is 11.6. The fourth-order valence-electron chi connectivity index (χ4n) is 4.54. The normalized spacial score (nSPS) is 16.7. The van der Waals surface area contributed by atoms with Crippen molar-refractivity contribution in [2.75, 3.05) is 26.2 Å². The predicted molar refractivity (Wildman–Crippen MR) is 145 cm³/mol. The van der Waals surface area contributed by atoms with Crippen LogP contribution in [0.15, 0.2) is 77.3 Å². The van der Waals surface area contributed by atoms with Gasteiger partial charge in [-0.05, 0) is 54.7 Å². The summed E-state index contributed by atoms with van der Waals surface area (Å²) < 4.78 is 22.9. The number of non-ortho nitro benzene ring substituents is 1. The number of nitro benzene ring substituents is 1. The minimum atomic E-state index is -0.470. The second-order valence-corrected chi connectivity index (χ2v) is 8.76. The molecule has 1 saturated heterocycles. The Morgan fingerprint density at radius 1 is 1.00 bits per heavy atom. The van der Waals surface area contributed by atoms with Gasteiger partial charge in [-0.3, -0.25) is 15.1 Å². The van der Waals surface area contributed by atoms with E-state index in [0.717, 1.165) is 11.4 Å². The van der Waals surface area contributed by atoms with Gasteiger partial charge in [-0.2, -0.15) is 0 Å². The molecule has 5 rings (SSSR count). The maximum atomic E-state index is 11.2. The zero-order valence-electron chi connectivity index (χ0n) is 20.8. The molecule has 0 bridgehead atoms. The molecule has 11 heteroatoms. The lowest BCUT2D eigenvalue weighted by Crippen LogP contribution is -2.29. The van der Waals surface area contributed by atoms with Crippen molar-refractivity contribution in [2.24, 2.45) is 0 Å². The second kappa shape index (κ2) is 10.4. The summed E-state index contributed by atoms with van der Waals surface area (Å²) >= 11 is 5.80. The van der Waals surface area contributed by atoms with Crippen molar-refractivity contribution < 1.29 is 23.6 Å². The van der Waals surface area contributed by atoms with E-state index in [0.29, 0.717) is 39.4 Å². The van der Waals surface area contributed by atoms with Crippen molar-refractivity contribution in [1.82, 2.24) is 10.3 Å². The topological polar surface area (TPSA) is 112 Å². The number of nitrogens with zero attached hydrogens (tertiary/aromatic N) is 3. The van der Waals surface area contributed by atoms with E-state index in [9.17, 15) is 10.1 Å². The molecular weight excluding hydrogens is 508 g/mol. The molecule has 1 fully saturated rings. The van der Waals surface area contributed by atoms with Crippen LogP contribution in [0.3, 0.4) is 0 Å². The van der Waals surface area contributed by atoms with Gasteiger partial charge in [-0.15, -0.1) is 0 Å². The summed E-state index contributed by atoms with van der Waals surface area (Å²) in [5.41, 5.74) is 2.01. The van der Waals surface area contributed by atoms with E-state index in [-0.39, 0.29) is 11.7 Å². The highest BCUT2D eigenvalue weighted by molar-refractivity contribution is 7.80.